The molecular weight excluding hydrogens is 240 g/mol. The van der Waals surface area contributed by atoms with Gasteiger partial charge in [-0.25, -0.2) is 0 Å². The Morgan fingerprint density at radius 1 is 1.26 bits per heavy atom. The van der Waals surface area contributed by atoms with Gasteiger partial charge in [-0.1, -0.05) is 25.5 Å². The number of fused-ring (bicyclic) bond motifs is 1. The van der Waals surface area contributed by atoms with E-state index in [0.717, 1.165) is 23.8 Å². The smallest absolute Gasteiger partial charge is 0.140 e. The van der Waals surface area contributed by atoms with Gasteiger partial charge in [0.25, 0.3) is 0 Å². The summed E-state index contributed by atoms with van der Waals surface area (Å²) >= 11 is 0. The molecular formula is C16H22O3. The van der Waals surface area contributed by atoms with Gasteiger partial charge in [-0.3, -0.25) is 0 Å². The van der Waals surface area contributed by atoms with Gasteiger partial charge in [0.2, 0.25) is 0 Å². The number of rotatable bonds is 5. The fraction of sp³-hybridized carbons (Fsp3) is 0.500. The van der Waals surface area contributed by atoms with Crippen molar-refractivity contribution in [1.29, 1.82) is 0 Å². The average Bonchev–Trinajstić information content (AvgIpc) is 2.84. The van der Waals surface area contributed by atoms with Gasteiger partial charge >= 0.3 is 0 Å². The summed E-state index contributed by atoms with van der Waals surface area (Å²) in [5.74, 6) is 0.575. The van der Waals surface area contributed by atoms with Crippen molar-refractivity contribution in [3.05, 3.63) is 35.6 Å². The molecule has 1 N–H and O–H groups in total. The minimum Gasteiger partial charge on any atom is -0.458 e. The summed E-state index contributed by atoms with van der Waals surface area (Å²) in [6.07, 6.45) is 0.717. The molecule has 1 heterocycles. The SMILES string of the molecule is CCC(CC)(OC)C(O)c1cc2cc(C)ccc2o1. The van der Waals surface area contributed by atoms with Gasteiger partial charge in [-0.05, 0) is 38.0 Å². The molecule has 0 radical (unpaired) electrons. The molecule has 3 heteroatoms. The summed E-state index contributed by atoms with van der Waals surface area (Å²) in [6.45, 7) is 6.08. The predicted molar refractivity (Wildman–Crippen MR) is 76.2 cm³/mol. The van der Waals surface area contributed by atoms with Crippen LogP contribution in [0.1, 0.15) is 44.1 Å². The molecule has 0 saturated heterocycles. The molecule has 0 fully saturated rings. The first-order valence-corrected chi connectivity index (χ1v) is 6.79. The number of methoxy groups -OCH3 is 1. The second kappa shape index (κ2) is 5.35. The topological polar surface area (TPSA) is 42.6 Å². The van der Waals surface area contributed by atoms with Crippen molar-refractivity contribution in [3.63, 3.8) is 0 Å². The van der Waals surface area contributed by atoms with Crippen molar-refractivity contribution in [2.45, 2.75) is 45.3 Å². The highest BCUT2D eigenvalue weighted by Crippen LogP contribution is 2.37. The van der Waals surface area contributed by atoms with E-state index < -0.39 is 11.7 Å². The standard InChI is InChI=1S/C16H22O3/c1-5-16(6-2,18-4)15(17)14-10-12-9-11(3)7-8-13(12)19-14/h7-10,15,17H,5-6H2,1-4H3. The van der Waals surface area contributed by atoms with Crippen LogP contribution >= 0.6 is 0 Å². The van der Waals surface area contributed by atoms with Gasteiger partial charge in [0.15, 0.2) is 0 Å². The third-order valence-electron chi connectivity index (χ3n) is 4.06. The summed E-state index contributed by atoms with van der Waals surface area (Å²) < 4.78 is 11.3. The molecule has 1 aromatic heterocycles. The number of hydrogen-bond acceptors (Lipinski definition) is 3. The number of furan rings is 1. The maximum atomic E-state index is 10.6. The first-order chi connectivity index (χ1) is 9.06. The molecule has 1 unspecified atom stereocenters. The summed E-state index contributed by atoms with van der Waals surface area (Å²) in [5.41, 5.74) is 1.40. The van der Waals surface area contributed by atoms with Crippen LogP contribution in [0.5, 0.6) is 0 Å². The maximum absolute atomic E-state index is 10.6. The highest BCUT2D eigenvalue weighted by atomic mass is 16.5. The molecule has 0 saturated carbocycles. The van der Waals surface area contributed by atoms with Crippen molar-refractivity contribution < 1.29 is 14.3 Å². The van der Waals surface area contributed by atoms with E-state index in [1.807, 2.05) is 39.0 Å². The lowest BCUT2D eigenvalue weighted by Crippen LogP contribution is -2.37. The van der Waals surface area contributed by atoms with Crippen LogP contribution in [0.2, 0.25) is 0 Å². The van der Waals surface area contributed by atoms with Crippen LogP contribution in [0.4, 0.5) is 0 Å². The van der Waals surface area contributed by atoms with Crippen molar-refractivity contribution >= 4 is 11.0 Å². The highest BCUT2D eigenvalue weighted by Gasteiger charge is 2.37. The van der Waals surface area contributed by atoms with Crippen molar-refractivity contribution in [2.75, 3.05) is 7.11 Å². The highest BCUT2D eigenvalue weighted by molar-refractivity contribution is 5.78. The zero-order chi connectivity index (χ0) is 14.0. The first kappa shape index (κ1) is 14.1. The van der Waals surface area contributed by atoms with E-state index in [9.17, 15) is 5.11 Å². The van der Waals surface area contributed by atoms with E-state index in [0.29, 0.717) is 5.76 Å². The van der Waals surface area contributed by atoms with Gasteiger partial charge in [-0.2, -0.15) is 0 Å². The lowest BCUT2D eigenvalue weighted by Gasteiger charge is -2.33. The van der Waals surface area contributed by atoms with Crippen molar-refractivity contribution in [3.8, 4) is 0 Å². The molecule has 0 aliphatic heterocycles. The molecule has 2 rings (SSSR count). The Labute approximate surface area is 114 Å². The van der Waals surface area contributed by atoms with Gasteiger partial charge in [0.1, 0.15) is 23.0 Å². The Balaban J connectivity index is 2.43. The summed E-state index contributed by atoms with van der Waals surface area (Å²) in [4.78, 5) is 0. The van der Waals surface area contributed by atoms with E-state index in [1.54, 1.807) is 7.11 Å². The van der Waals surface area contributed by atoms with Crippen molar-refractivity contribution in [1.82, 2.24) is 0 Å². The molecule has 3 nitrogen and oxygen atoms in total. The van der Waals surface area contributed by atoms with Gasteiger partial charge in [0.05, 0.1) is 0 Å². The Kier molecular flexibility index (Phi) is 3.97. The van der Waals surface area contributed by atoms with Crippen LogP contribution in [-0.2, 0) is 4.74 Å². The summed E-state index contributed by atoms with van der Waals surface area (Å²) in [5, 5.41) is 11.6. The van der Waals surface area contributed by atoms with Crippen LogP contribution < -0.4 is 0 Å². The summed E-state index contributed by atoms with van der Waals surface area (Å²) in [7, 11) is 1.64. The zero-order valence-corrected chi connectivity index (χ0v) is 12.1. The van der Waals surface area contributed by atoms with Crippen LogP contribution in [0.3, 0.4) is 0 Å². The predicted octanol–water partition coefficient (Wildman–Crippen LogP) is 3.98. The maximum Gasteiger partial charge on any atom is 0.140 e. The number of aryl methyl sites for hydroxylation is 1. The minimum atomic E-state index is -0.750. The largest absolute Gasteiger partial charge is 0.458 e. The second-order valence-corrected chi connectivity index (χ2v) is 5.07. The van der Waals surface area contributed by atoms with Crippen LogP contribution in [0.25, 0.3) is 11.0 Å². The molecule has 0 amide bonds. The normalized spacial score (nSPS) is 13.9. The van der Waals surface area contributed by atoms with E-state index in [4.69, 9.17) is 9.15 Å². The number of aliphatic hydroxyl groups is 1. The Bertz CT molecular complexity index is 544. The second-order valence-electron chi connectivity index (χ2n) is 5.07. The third kappa shape index (κ3) is 2.40. The van der Waals surface area contributed by atoms with Gasteiger partial charge in [0, 0.05) is 12.5 Å². The van der Waals surface area contributed by atoms with Gasteiger partial charge in [-0.15, -0.1) is 0 Å². The van der Waals surface area contributed by atoms with Crippen LogP contribution in [0, 0.1) is 6.92 Å². The Morgan fingerprint density at radius 2 is 1.95 bits per heavy atom. The number of benzene rings is 1. The molecule has 2 aromatic rings. The van der Waals surface area contributed by atoms with E-state index in [-0.39, 0.29) is 0 Å². The molecule has 1 atom stereocenters. The third-order valence-corrected chi connectivity index (χ3v) is 4.06. The van der Waals surface area contributed by atoms with Gasteiger partial charge < -0.3 is 14.3 Å². The van der Waals surface area contributed by atoms with E-state index >= 15 is 0 Å². The Hall–Kier alpha value is -1.32. The number of ether oxygens (including phenoxy) is 1. The molecule has 0 spiro atoms. The fourth-order valence-corrected chi connectivity index (χ4v) is 2.61. The molecule has 0 aliphatic carbocycles. The van der Waals surface area contributed by atoms with E-state index in [1.165, 1.54) is 5.56 Å². The first-order valence-electron chi connectivity index (χ1n) is 6.79. The number of aliphatic hydroxyl groups excluding tert-OH is 1. The quantitative estimate of drug-likeness (QED) is 0.886. The Morgan fingerprint density at radius 3 is 2.53 bits per heavy atom. The average molecular weight is 262 g/mol. The molecule has 1 aromatic carbocycles. The summed E-state index contributed by atoms with van der Waals surface area (Å²) in [6, 6.07) is 7.91. The fourth-order valence-electron chi connectivity index (χ4n) is 2.61. The van der Waals surface area contributed by atoms with Crippen molar-refractivity contribution in [2.24, 2.45) is 0 Å². The monoisotopic (exact) mass is 262 g/mol. The molecule has 0 aliphatic rings. The molecule has 104 valence electrons. The lowest BCUT2D eigenvalue weighted by atomic mass is 9.89. The molecule has 0 bridgehead atoms. The van der Waals surface area contributed by atoms with Crippen LogP contribution in [-0.4, -0.2) is 17.8 Å². The number of hydrogen-bond donors (Lipinski definition) is 1. The minimum absolute atomic E-state index is 0.575. The van der Waals surface area contributed by atoms with E-state index in [2.05, 4.69) is 6.07 Å². The zero-order valence-electron chi connectivity index (χ0n) is 12.1. The lowest BCUT2D eigenvalue weighted by molar-refractivity contribution is -0.116. The van der Waals surface area contributed by atoms with Crippen LogP contribution in [0.15, 0.2) is 28.7 Å². The molecule has 19 heavy (non-hydrogen) atoms.